The lowest BCUT2D eigenvalue weighted by atomic mass is 10.1. The summed E-state index contributed by atoms with van der Waals surface area (Å²) in [6.07, 6.45) is 0. The van der Waals surface area contributed by atoms with E-state index in [0.29, 0.717) is 23.6 Å². The van der Waals surface area contributed by atoms with Gasteiger partial charge in [-0.2, -0.15) is 0 Å². The van der Waals surface area contributed by atoms with Crippen LogP contribution in [0, 0.1) is 0 Å². The summed E-state index contributed by atoms with van der Waals surface area (Å²) in [6.45, 7) is 2.13. The molecule has 0 aromatic rings. The maximum atomic E-state index is 11.2. The summed E-state index contributed by atoms with van der Waals surface area (Å²) in [7, 11) is -2.69. The summed E-state index contributed by atoms with van der Waals surface area (Å²) < 4.78 is 22.3. The maximum absolute atomic E-state index is 11.2. The molecule has 4 N–H and O–H groups in total. The summed E-state index contributed by atoms with van der Waals surface area (Å²) in [4.78, 5) is 0. The molecule has 0 saturated carbocycles. The molecule has 2 heterocycles. The van der Waals surface area contributed by atoms with Crippen molar-refractivity contribution in [2.24, 2.45) is 0 Å². The fraction of sp³-hybridized carbons (Fsp3) is 1.00. The number of sulfone groups is 1. The van der Waals surface area contributed by atoms with E-state index < -0.39 is 9.84 Å². The first-order valence-corrected chi connectivity index (χ1v) is 5.87. The van der Waals surface area contributed by atoms with E-state index in [1.165, 1.54) is 0 Å². The Hall–Kier alpha value is -0.130. The first-order chi connectivity index (χ1) is 5.17. The van der Waals surface area contributed by atoms with Crippen LogP contribution in [-0.4, -0.2) is 45.1 Å². The number of piperazine rings is 1. The normalized spacial score (nSPS) is 41.8. The van der Waals surface area contributed by atoms with Gasteiger partial charge in [-0.05, 0) is 0 Å². The molecule has 0 unspecified atom stereocenters. The maximum Gasteiger partial charge on any atom is 0.162 e. The highest BCUT2D eigenvalue weighted by molar-refractivity contribution is 7.91. The third-order valence-corrected chi connectivity index (χ3v) is 4.33. The average Bonchev–Trinajstić information content (AvgIpc) is 2.21. The van der Waals surface area contributed by atoms with E-state index in [2.05, 4.69) is 10.6 Å². The Labute approximate surface area is 66.3 Å². The summed E-state index contributed by atoms with van der Waals surface area (Å²) in [5.41, 5.74) is 0. The quantitative estimate of drug-likeness (QED) is 0.401. The molecule has 64 valence electrons. The fourth-order valence-electron chi connectivity index (χ4n) is 2.01. The van der Waals surface area contributed by atoms with Crippen LogP contribution in [0.15, 0.2) is 0 Å². The van der Waals surface area contributed by atoms with Crippen molar-refractivity contribution in [3.63, 3.8) is 0 Å². The van der Waals surface area contributed by atoms with Gasteiger partial charge in [0.2, 0.25) is 0 Å². The topological polar surface area (TPSA) is 67.4 Å². The fourth-order valence-corrected chi connectivity index (χ4v) is 4.08. The highest BCUT2D eigenvalue weighted by atomic mass is 32.2. The molecule has 5 heteroatoms. The van der Waals surface area contributed by atoms with Crippen LogP contribution in [0.4, 0.5) is 0 Å². The lowest BCUT2D eigenvalue weighted by Gasteiger charge is -2.19. The van der Waals surface area contributed by atoms with Gasteiger partial charge in [0, 0.05) is 0 Å². The van der Waals surface area contributed by atoms with E-state index >= 15 is 0 Å². The van der Waals surface area contributed by atoms with Crippen LogP contribution in [-0.2, 0) is 9.84 Å². The molecule has 2 rings (SSSR count). The predicted octanol–water partition coefficient (Wildman–Crippen LogP) is -3.71. The van der Waals surface area contributed by atoms with E-state index in [0.717, 1.165) is 13.1 Å². The second-order valence-electron chi connectivity index (χ2n) is 3.45. The summed E-state index contributed by atoms with van der Waals surface area (Å²) in [5.74, 6) is 0.794. The Morgan fingerprint density at radius 1 is 1.00 bits per heavy atom. The number of hydrogen-bond acceptors (Lipinski definition) is 2. The molecule has 2 aliphatic rings. The molecule has 2 saturated heterocycles. The number of rotatable bonds is 0. The van der Waals surface area contributed by atoms with Gasteiger partial charge in [-0.3, -0.25) is 0 Å². The van der Waals surface area contributed by atoms with Gasteiger partial charge in [0.05, 0.1) is 0 Å². The standard InChI is InChI=1S/C6H12N2O2S/c9-11(10)3-5-6(4-11)8-2-1-7-5/h5-8H,1-4H2/p+2/t5-,6+. The SMILES string of the molecule is O=S1(=O)C[C@@H]2[NH2+]CC[NH2+][C@@H]2C1. The molecule has 2 atom stereocenters. The minimum Gasteiger partial charge on any atom is -0.333 e. The molecule has 0 aliphatic carbocycles. The number of quaternary nitrogens is 2. The Kier molecular flexibility index (Phi) is 1.66. The highest BCUT2D eigenvalue weighted by Crippen LogP contribution is 2.07. The third kappa shape index (κ3) is 1.40. The van der Waals surface area contributed by atoms with Gasteiger partial charge in [0.25, 0.3) is 0 Å². The molecule has 11 heavy (non-hydrogen) atoms. The average molecular weight is 178 g/mol. The van der Waals surface area contributed by atoms with Gasteiger partial charge in [-0.25, -0.2) is 8.42 Å². The zero-order valence-corrected chi connectivity index (χ0v) is 7.18. The number of hydrogen-bond donors (Lipinski definition) is 2. The van der Waals surface area contributed by atoms with Crippen molar-refractivity contribution in [2.75, 3.05) is 24.6 Å². The van der Waals surface area contributed by atoms with Crippen molar-refractivity contribution in [3.05, 3.63) is 0 Å². The molecule has 2 fully saturated rings. The lowest BCUT2D eigenvalue weighted by Crippen LogP contribution is -3.11. The van der Waals surface area contributed by atoms with Gasteiger partial charge in [-0.15, -0.1) is 0 Å². The molecule has 0 amide bonds. The highest BCUT2D eigenvalue weighted by Gasteiger charge is 2.44. The van der Waals surface area contributed by atoms with Crippen molar-refractivity contribution >= 4 is 9.84 Å². The van der Waals surface area contributed by atoms with E-state index in [4.69, 9.17) is 0 Å². The van der Waals surface area contributed by atoms with Gasteiger partial charge in [0.15, 0.2) is 21.9 Å². The van der Waals surface area contributed by atoms with E-state index in [1.807, 2.05) is 0 Å². The van der Waals surface area contributed by atoms with Crippen LogP contribution in [0.5, 0.6) is 0 Å². The summed E-state index contributed by atoms with van der Waals surface area (Å²) >= 11 is 0. The largest absolute Gasteiger partial charge is 0.333 e. The van der Waals surface area contributed by atoms with Crippen molar-refractivity contribution in [1.29, 1.82) is 0 Å². The van der Waals surface area contributed by atoms with E-state index in [9.17, 15) is 8.42 Å². The van der Waals surface area contributed by atoms with Gasteiger partial charge >= 0.3 is 0 Å². The van der Waals surface area contributed by atoms with E-state index in [-0.39, 0.29) is 0 Å². The second-order valence-corrected chi connectivity index (χ2v) is 5.61. The first-order valence-electron chi connectivity index (χ1n) is 4.04. The van der Waals surface area contributed by atoms with Crippen LogP contribution in [0.2, 0.25) is 0 Å². The molecule has 0 aromatic heterocycles. The first kappa shape index (κ1) is 7.52. The zero-order valence-electron chi connectivity index (χ0n) is 6.36. The van der Waals surface area contributed by atoms with Crippen LogP contribution in [0.25, 0.3) is 0 Å². The molecular weight excluding hydrogens is 164 g/mol. The molecule has 0 aromatic carbocycles. The number of fused-ring (bicyclic) bond motifs is 1. The molecule has 2 aliphatic heterocycles. The monoisotopic (exact) mass is 178 g/mol. The lowest BCUT2D eigenvalue weighted by molar-refractivity contribution is -0.826. The van der Waals surface area contributed by atoms with Gasteiger partial charge < -0.3 is 10.6 Å². The smallest absolute Gasteiger partial charge is 0.162 e. The molecule has 0 bridgehead atoms. The predicted molar refractivity (Wildman–Crippen MR) is 39.8 cm³/mol. The molecule has 4 nitrogen and oxygen atoms in total. The van der Waals surface area contributed by atoms with Crippen LogP contribution < -0.4 is 10.6 Å². The Morgan fingerprint density at radius 2 is 1.45 bits per heavy atom. The summed E-state index contributed by atoms with van der Waals surface area (Å²) in [6, 6.07) is 0.683. The Bertz CT molecular complexity index is 229. The van der Waals surface area contributed by atoms with Crippen molar-refractivity contribution < 1.29 is 19.1 Å². The van der Waals surface area contributed by atoms with Crippen LogP contribution in [0.3, 0.4) is 0 Å². The second kappa shape index (κ2) is 2.43. The third-order valence-electron chi connectivity index (χ3n) is 2.55. The van der Waals surface area contributed by atoms with Crippen molar-refractivity contribution in [2.45, 2.75) is 12.1 Å². The minimum absolute atomic E-state index is 0.341. The zero-order chi connectivity index (χ0) is 7.90. The molecular formula is C6H14N2O2S+2. The number of nitrogens with two attached hydrogens (primary N) is 2. The van der Waals surface area contributed by atoms with Crippen molar-refractivity contribution in [3.8, 4) is 0 Å². The van der Waals surface area contributed by atoms with Gasteiger partial charge in [-0.1, -0.05) is 0 Å². The van der Waals surface area contributed by atoms with Crippen LogP contribution in [0.1, 0.15) is 0 Å². The molecule has 0 radical (unpaired) electrons. The minimum atomic E-state index is -2.69. The summed E-state index contributed by atoms with van der Waals surface area (Å²) in [5, 5.41) is 4.35. The Balaban J connectivity index is 2.15. The van der Waals surface area contributed by atoms with Crippen molar-refractivity contribution in [1.82, 2.24) is 0 Å². The molecule has 0 spiro atoms. The van der Waals surface area contributed by atoms with Crippen LogP contribution >= 0.6 is 0 Å². The Morgan fingerprint density at radius 3 is 1.91 bits per heavy atom. The van der Waals surface area contributed by atoms with E-state index in [1.54, 1.807) is 0 Å². The van der Waals surface area contributed by atoms with Gasteiger partial charge in [0.1, 0.15) is 24.6 Å².